The van der Waals surface area contributed by atoms with Crippen LogP contribution in [-0.4, -0.2) is 19.1 Å². The summed E-state index contributed by atoms with van der Waals surface area (Å²) in [4.78, 5) is 14.2. The van der Waals surface area contributed by atoms with E-state index in [1.54, 1.807) is 0 Å². The van der Waals surface area contributed by atoms with E-state index in [2.05, 4.69) is 29.4 Å². The number of benzene rings is 2. The summed E-state index contributed by atoms with van der Waals surface area (Å²) in [7, 11) is 0. The Kier molecular flexibility index (Phi) is 5.73. The summed E-state index contributed by atoms with van der Waals surface area (Å²) in [5.41, 5.74) is 2.85. The number of carbonyl (C=O) groups is 1. The Morgan fingerprint density at radius 3 is 2.29 bits per heavy atom. The molecule has 2 aromatic rings. The fraction of sp³-hybridized carbons (Fsp3) is 0.278. The van der Waals surface area contributed by atoms with Gasteiger partial charge < -0.3 is 15.5 Å². The monoisotopic (exact) mass is 333 g/mol. The average Bonchev–Trinajstić information content (AvgIpc) is 2.54. The van der Waals surface area contributed by atoms with Crippen molar-refractivity contribution in [2.75, 3.05) is 28.6 Å². The van der Waals surface area contributed by atoms with Gasteiger partial charge in [0.25, 0.3) is 0 Å². The molecule has 0 saturated heterocycles. The highest BCUT2D eigenvalue weighted by molar-refractivity contribution is 6.00. The summed E-state index contributed by atoms with van der Waals surface area (Å²) in [6, 6.07) is 8.45. The lowest BCUT2D eigenvalue weighted by Gasteiger charge is -2.22. The normalized spacial score (nSPS) is 10.4. The van der Waals surface area contributed by atoms with Crippen molar-refractivity contribution in [3.63, 3.8) is 0 Å². The number of nitrogens with one attached hydrogen (secondary N) is 2. The van der Waals surface area contributed by atoms with Crippen LogP contribution in [0.15, 0.2) is 36.4 Å². The SMILES string of the molecule is CCN(CC)c1ccc(NC(=O)Nc2ccc(F)c(F)c2)c(C)c1. The van der Waals surface area contributed by atoms with Crippen molar-refractivity contribution in [1.82, 2.24) is 0 Å². The maximum Gasteiger partial charge on any atom is 0.323 e. The first-order valence-corrected chi connectivity index (χ1v) is 7.83. The Morgan fingerprint density at radius 1 is 1.00 bits per heavy atom. The number of amides is 2. The zero-order chi connectivity index (χ0) is 17.7. The van der Waals surface area contributed by atoms with Gasteiger partial charge in [-0.05, 0) is 56.7 Å². The van der Waals surface area contributed by atoms with Gasteiger partial charge in [-0.1, -0.05) is 0 Å². The standard InChI is InChI=1S/C18H21F2N3O/c1-4-23(5-2)14-7-9-17(12(3)10-14)22-18(24)21-13-6-8-15(19)16(20)11-13/h6-11H,4-5H2,1-3H3,(H2,21,22,24). The van der Waals surface area contributed by atoms with Gasteiger partial charge in [-0.3, -0.25) is 0 Å². The highest BCUT2D eigenvalue weighted by Crippen LogP contribution is 2.23. The summed E-state index contributed by atoms with van der Waals surface area (Å²) in [5.74, 6) is -1.96. The molecule has 0 saturated carbocycles. The van der Waals surface area contributed by atoms with E-state index in [4.69, 9.17) is 0 Å². The zero-order valence-corrected chi connectivity index (χ0v) is 14.0. The van der Waals surface area contributed by atoms with Crippen LogP contribution in [0.3, 0.4) is 0 Å². The van der Waals surface area contributed by atoms with Crippen LogP contribution in [0.25, 0.3) is 0 Å². The lowest BCUT2D eigenvalue weighted by Crippen LogP contribution is -2.22. The molecule has 0 radical (unpaired) electrons. The summed E-state index contributed by atoms with van der Waals surface area (Å²) in [6.07, 6.45) is 0. The van der Waals surface area contributed by atoms with Crippen molar-refractivity contribution in [3.8, 4) is 0 Å². The molecule has 2 amide bonds. The number of hydrogen-bond acceptors (Lipinski definition) is 2. The van der Waals surface area contributed by atoms with E-state index in [0.717, 1.165) is 36.5 Å². The molecule has 24 heavy (non-hydrogen) atoms. The number of carbonyl (C=O) groups excluding carboxylic acids is 1. The number of urea groups is 1. The number of hydrogen-bond donors (Lipinski definition) is 2. The van der Waals surface area contributed by atoms with Crippen LogP contribution < -0.4 is 15.5 Å². The summed E-state index contributed by atoms with van der Waals surface area (Å²) < 4.78 is 26.0. The zero-order valence-electron chi connectivity index (χ0n) is 14.0. The maximum absolute atomic E-state index is 13.2. The Bertz CT molecular complexity index is 730. The molecule has 0 aromatic heterocycles. The Balaban J connectivity index is 2.07. The second-order valence-electron chi connectivity index (χ2n) is 5.38. The first-order chi connectivity index (χ1) is 11.4. The van der Waals surface area contributed by atoms with E-state index in [0.29, 0.717) is 5.69 Å². The second-order valence-corrected chi connectivity index (χ2v) is 5.38. The summed E-state index contributed by atoms with van der Waals surface area (Å²) in [5, 5.41) is 5.19. The van der Waals surface area contributed by atoms with E-state index in [1.807, 2.05) is 25.1 Å². The predicted molar refractivity (Wildman–Crippen MR) is 93.7 cm³/mol. The minimum atomic E-state index is -1.01. The third-order valence-corrected chi connectivity index (χ3v) is 3.76. The molecule has 2 aromatic carbocycles. The van der Waals surface area contributed by atoms with Crippen LogP contribution in [0, 0.1) is 18.6 Å². The average molecular weight is 333 g/mol. The van der Waals surface area contributed by atoms with Crippen molar-refractivity contribution in [1.29, 1.82) is 0 Å². The quantitative estimate of drug-likeness (QED) is 0.828. The van der Waals surface area contributed by atoms with Gasteiger partial charge in [0.2, 0.25) is 0 Å². The van der Waals surface area contributed by atoms with Crippen LogP contribution in [-0.2, 0) is 0 Å². The molecule has 0 unspecified atom stereocenters. The van der Waals surface area contributed by atoms with Crippen molar-refractivity contribution in [2.45, 2.75) is 20.8 Å². The molecule has 0 atom stereocenters. The number of aryl methyl sites for hydroxylation is 1. The largest absolute Gasteiger partial charge is 0.372 e. The lowest BCUT2D eigenvalue weighted by atomic mass is 10.1. The van der Waals surface area contributed by atoms with Gasteiger partial charge in [-0.15, -0.1) is 0 Å². The molecule has 0 spiro atoms. The first kappa shape index (κ1) is 17.7. The van der Waals surface area contributed by atoms with Crippen molar-refractivity contribution < 1.29 is 13.6 Å². The van der Waals surface area contributed by atoms with Crippen LogP contribution in [0.2, 0.25) is 0 Å². The summed E-state index contributed by atoms with van der Waals surface area (Å²) in [6.45, 7) is 7.87. The minimum absolute atomic E-state index is 0.184. The van der Waals surface area contributed by atoms with Crippen molar-refractivity contribution >= 4 is 23.1 Å². The van der Waals surface area contributed by atoms with Crippen LogP contribution in [0.1, 0.15) is 19.4 Å². The van der Waals surface area contributed by atoms with E-state index >= 15 is 0 Å². The Hall–Kier alpha value is -2.63. The Labute approximate surface area is 140 Å². The maximum atomic E-state index is 13.2. The van der Waals surface area contributed by atoms with E-state index in [9.17, 15) is 13.6 Å². The van der Waals surface area contributed by atoms with Gasteiger partial charge in [0, 0.05) is 36.2 Å². The molecule has 0 heterocycles. The molecule has 0 aliphatic heterocycles. The van der Waals surface area contributed by atoms with Crippen LogP contribution in [0.4, 0.5) is 30.6 Å². The van der Waals surface area contributed by atoms with Gasteiger partial charge >= 0.3 is 6.03 Å². The molecule has 0 aliphatic carbocycles. The van der Waals surface area contributed by atoms with Gasteiger partial charge in [-0.25, -0.2) is 13.6 Å². The third kappa shape index (κ3) is 4.22. The predicted octanol–water partition coefficient (Wildman–Crippen LogP) is 4.76. The van der Waals surface area contributed by atoms with Gasteiger partial charge in [0.1, 0.15) is 0 Å². The molecular formula is C18H21F2N3O. The van der Waals surface area contributed by atoms with Crippen LogP contribution >= 0.6 is 0 Å². The molecule has 0 aliphatic rings. The summed E-state index contributed by atoms with van der Waals surface area (Å²) >= 11 is 0. The third-order valence-electron chi connectivity index (χ3n) is 3.76. The highest BCUT2D eigenvalue weighted by Gasteiger charge is 2.09. The highest BCUT2D eigenvalue weighted by atomic mass is 19.2. The molecule has 0 fully saturated rings. The number of rotatable bonds is 5. The number of anilines is 3. The Morgan fingerprint density at radius 2 is 1.71 bits per heavy atom. The smallest absolute Gasteiger partial charge is 0.323 e. The minimum Gasteiger partial charge on any atom is -0.372 e. The fourth-order valence-corrected chi connectivity index (χ4v) is 2.43. The second kappa shape index (κ2) is 7.77. The fourth-order valence-electron chi connectivity index (χ4n) is 2.43. The lowest BCUT2D eigenvalue weighted by molar-refractivity contribution is 0.262. The van der Waals surface area contributed by atoms with E-state index < -0.39 is 17.7 Å². The van der Waals surface area contributed by atoms with Crippen molar-refractivity contribution in [2.24, 2.45) is 0 Å². The van der Waals surface area contributed by atoms with E-state index in [1.165, 1.54) is 6.07 Å². The molecule has 2 rings (SSSR count). The molecule has 2 N–H and O–H groups in total. The molecular weight excluding hydrogens is 312 g/mol. The molecule has 0 bridgehead atoms. The molecule has 128 valence electrons. The molecule has 6 heteroatoms. The van der Waals surface area contributed by atoms with Gasteiger partial charge in [0.15, 0.2) is 11.6 Å². The number of halogens is 2. The van der Waals surface area contributed by atoms with Gasteiger partial charge in [-0.2, -0.15) is 0 Å². The van der Waals surface area contributed by atoms with E-state index in [-0.39, 0.29) is 5.69 Å². The molecule has 4 nitrogen and oxygen atoms in total. The van der Waals surface area contributed by atoms with Gasteiger partial charge in [0.05, 0.1) is 0 Å². The topological polar surface area (TPSA) is 44.4 Å². The number of nitrogens with zero attached hydrogens (tertiary/aromatic N) is 1. The first-order valence-electron chi connectivity index (χ1n) is 7.83. The van der Waals surface area contributed by atoms with Crippen molar-refractivity contribution in [3.05, 3.63) is 53.6 Å². The van der Waals surface area contributed by atoms with Crippen LogP contribution in [0.5, 0.6) is 0 Å².